The van der Waals surface area contributed by atoms with Gasteiger partial charge in [0.15, 0.2) is 5.41 Å². The lowest BCUT2D eigenvalue weighted by atomic mass is 9.86. The lowest BCUT2D eigenvalue weighted by Gasteiger charge is -2.27. The second-order valence-corrected chi connectivity index (χ2v) is 4.24. The summed E-state index contributed by atoms with van der Waals surface area (Å²) in [4.78, 5) is 16.3. The largest absolute Gasteiger partial charge is 0.481 e. The maximum atomic E-state index is 12.9. The molecule has 0 amide bonds. The van der Waals surface area contributed by atoms with Gasteiger partial charge < -0.3 is 10.0 Å². The normalized spacial score (nSPS) is 24.3. The van der Waals surface area contributed by atoms with Crippen LogP contribution in [0.15, 0.2) is 24.4 Å². The minimum Gasteiger partial charge on any atom is -0.481 e. The summed E-state index contributed by atoms with van der Waals surface area (Å²) in [5.74, 6) is -1.46. The zero-order chi connectivity index (χ0) is 13.4. The molecule has 1 aliphatic heterocycles. The first kappa shape index (κ1) is 12.7. The van der Waals surface area contributed by atoms with Gasteiger partial charge in [-0.2, -0.15) is 13.2 Å². The molecule has 0 aliphatic carbocycles. The molecular formula is C11H11F3N2O2. The minimum absolute atomic E-state index is 0.0306. The SMILES string of the molecule is O=C(O)C1(C(F)(F)F)CCN(c2ccccn2)C1. The monoisotopic (exact) mass is 260 g/mol. The quantitative estimate of drug-likeness (QED) is 0.882. The number of halogens is 3. The van der Waals surface area contributed by atoms with E-state index >= 15 is 0 Å². The van der Waals surface area contributed by atoms with E-state index in [1.165, 1.54) is 11.1 Å². The van der Waals surface area contributed by atoms with Crippen molar-refractivity contribution in [3.05, 3.63) is 24.4 Å². The van der Waals surface area contributed by atoms with E-state index in [2.05, 4.69) is 4.98 Å². The van der Waals surface area contributed by atoms with Crippen LogP contribution in [0.3, 0.4) is 0 Å². The molecule has 98 valence electrons. The number of anilines is 1. The zero-order valence-electron chi connectivity index (χ0n) is 9.31. The number of pyridine rings is 1. The Balaban J connectivity index is 2.28. The maximum Gasteiger partial charge on any atom is 0.406 e. The topological polar surface area (TPSA) is 53.4 Å². The third kappa shape index (κ3) is 1.89. The zero-order valence-corrected chi connectivity index (χ0v) is 9.31. The Morgan fingerprint density at radius 3 is 2.61 bits per heavy atom. The first-order chi connectivity index (χ1) is 8.37. The van der Waals surface area contributed by atoms with E-state index in [1.807, 2.05) is 0 Å². The lowest BCUT2D eigenvalue weighted by Crippen LogP contribution is -2.47. The molecular weight excluding hydrogens is 249 g/mol. The number of rotatable bonds is 2. The Bertz CT molecular complexity index is 449. The van der Waals surface area contributed by atoms with E-state index in [0.717, 1.165) is 0 Å². The fourth-order valence-corrected chi connectivity index (χ4v) is 2.07. The first-order valence-electron chi connectivity index (χ1n) is 5.33. The van der Waals surface area contributed by atoms with Gasteiger partial charge in [0.1, 0.15) is 5.82 Å². The summed E-state index contributed by atoms with van der Waals surface area (Å²) >= 11 is 0. The molecule has 4 nitrogen and oxygen atoms in total. The highest BCUT2D eigenvalue weighted by Gasteiger charge is 2.63. The van der Waals surface area contributed by atoms with Crippen molar-refractivity contribution < 1.29 is 23.1 Å². The van der Waals surface area contributed by atoms with Gasteiger partial charge in [-0.3, -0.25) is 4.79 Å². The van der Waals surface area contributed by atoms with Crippen molar-refractivity contribution in [1.82, 2.24) is 4.98 Å². The number of hydrogen-bond acceptors (Lipinski definition) is 3. The lowest BCUT2D eigenvalue weighted by molar-refractivity contribution is -0.225. The van der Waals surface area contributed by atoms with Crippen LogP contribution < -0.4 is 4.90 Å². The molecule has 1 aromatic rings. The van der Waals surface area contributed by atoms with E-state index in [9.17, 15) is 18.0 Å². The highest BCUT2D eigenvalue weighted by atomic mass is 19.4. The number of hydrogen-bond donors (Lipinski definition) is 1. The second-order valence-electron chi connectivity index (χ2n) is 4.24. The van der Waals surface area contributed by atoms with E-state index in [-0.39, 0.29) is 6.54 Å². The van der Waals surface area contributed by atoms with Crippen molar-refractivity contribution >= 4 is 11.8 Å². The number of aliphatic carboxylic acids is 1. The maximum absolute atomic E-state index is 12.9. The molecule has 1 saturated heterocycles. The molecule has 2 heterocycles. The van der Waals surface area contributed by atoms with Gasteiger partial charge in [0.25, 0.3) is 0 Å². The summed E-state index contributed by atoms with van der Waals surface area (Å²) in [5, 5.41) is 8.90. The van der Waals surface area contributed by atoms with Crippen LogP contribution in [0.4, 0.5) is 19.0 Å². The molecule has 0 spiro atoms. The second kappa shape index (κ2) is 4.15. The standard InChI is InChI=1S/C11H11F3N2O2/c12-11(13,14)10(9(17)18)4-6-16(7-10)8-3-1-2-5-15-8/h1-3,5H,4,6-7H2,(H,17,18). The van der Waals surface area contributed by atoms with Crippen LogP contribution in [0.2, 0.25) is 0 Å². The number of aromatic nitrogens is 1. The average Bonchev–Trinajstić information content (AvgIpc) is 2.75. The van der Waals surface area contributed by atoms with Crippen LogP contribution in [-0.4, -0.2) is 35.3 Å². The minimum atomic E-state index is -4.76. The van der Waals surface area contributed by atoms with Crippen molar-refractivity contribution in [2.75, 3.05) is 18.0 Å². The highest BCUT2D eigenvalue weighted by Crippen LogP contribution is 2.46. The average molecular weight is 260 g/mol. The molecule has 0 radical (unpaired) electrons. The van der Waals surface area contributed by atoms with Crippen LogP contribution in [-0.2, 0) is 4.79 Å². The predicted octanol–water partition coefficient (Wildman–Crippen LogP) is 1.93. The Morgan fingerprint density at radius 1 is 1.44 bits per heavy atom. The molecule has 1 aliphatic rings. The highest BCUT2D eigenvalue weighted by molar-refractivity contribution is 5.77. The van der Waals surface area contributed by atoms with Crippen LogP contribution in [0.1, 0.15) is 6.42 Å². The summed E-state index contributed by atoms with van der Waals surface area (Å²) in [7, 11) is 0. The van der Waals surface area contributed by atoms with Crippen molar-refractivity contribution in [3.8, 4) is 0 Å². The van der Waals surface area contributed by atoms with Gasteiger partial charge in [0.2, 0.25) is 0 Å². The number of nitrogens with zero attached hydrogens (tertiary/aromatic N) is 2. The fraction of sp³-hybridized carbons (Fsp3) is 0.455. The van der Waals surface area contributed by atoms with E-state index in [4.69, 9.17) is 5.11 Å². The van der Waals surface area contributed by atoms with Crippen LogP contribution in [0.5, 0.6) is 0 Å². The van der Waals surface area contributed by atoms with Gasteiger partial charge in [-0.25, -0.2) is 4.98 Å². The Labute approximate surface area is 101 Å². The van der Waals surface area contributed by atoms with E-state index < -0.39 is 30.5 Å². The molecule has 2 rings (SSSR count). The first-order valence-corrected chi connectivity index (χ1v) is 5.33. The summed E-state index contributed by atoms with van der Waals surface area (Å²) in [6, 6.07) is 4.86. The molecule has 1 aromatic heterocycles. The Morgan fingerprint density at radius 2 is 2.17 bits per heavy atom. The van der Waals surface area contributed by atoms with Gasteiger partial charge >= 0.3 is 12.1 Å². The van der Waals surface area contributed by atoms with Crippen LogP contribution in [0, 0.1) is 5.41 Å². The number of carboxylic acids is 1. The van der Waals surface area contributed by atoms with Crippen molar-refractivity contribution in [2.45, 2.75) is 12.6 Å². The van der Waals surface area contributed by atoms with Crippen molar-refractivity contribution in [2.24, 2.45) is 5.41 Å². The predicted molar refractivity (Wildman–Crippen MR) is 57.2 cm³/mol. The molecule has 0 bridgehead atoms. The van der Waals surface area contributed by atoms with Gasteiger partial charge in [-0.05, 0) is 18.6 Å². The molecule has 0 saturated carbocycles. The molecule has 7 heteroatoms. The molecule has 1 atom stereocenters. The van der Waals surface area contributed by atoms with Crippen molar-refractivity contribution in [1.29, 1.82) is 0 Å². The Hall–Kier alpha value is -1.79. The smallest absolute Gasteiger partial charge is 0.406 e. The fourth-order valence-electron chi connectivity index (χ4n) is 2.07. The van der Waals surface area contributed by atoms with Gasteiger partial charge in [0.05, 0.1) is 0 Å². The third-order valence-corrected chi connectivity index (χ3v) is 3.19. The van der Waals surface area contributed by atoms with Crippen LogP contribution in [0.25, 0.3) is 0 Å². The summed E-state index contributed by atoms with van der Waals surface area (Å²) in [5.41, 5.74) is -2.69. The molecule has 0 aromatic carbocycles. The summed E-state index contributed by atoms with van der Waals surface area (Å²) in [6.45, 7) is -0.564. The van der Waals surface area contributed by atoms with Crippen molar-refractivity contribution in [3.63, 3.8) is 0 Å². The molecule has 18 heavy (non-hydrogen) atoms. The number of alkyl halides is 3. The van der Waals surface area contributed by atoms with Gasteiger partial charge in [-0.1, -0.05) is 6.07 Å². The molecule has 1 unspecified atom stereocenters. The van der Waals surface area contributed by atoms with E-state index in [1.54, 1.807) is 18.2 Å². The third-order valence-electron chi connectivity index (χ3n) is 3.19. The molecule has 1 N–H and O–H groups in total. The summed E-state index contributed by atoms with van der Waals surface area (Å²) < 4.78 is 38.8. The van der Waals surface area contributed by atoms with Crippen LogP contribution >= 0.6 is 0 Å². The Kier molecular flexibility index (Phi) is 2.92. The number of carbonyl (C=O) groups is 1. The van der Waals surface area contributed by atoms with Gasteiger partial charge in [-0.15, -0.1) is 0 Å². The van der Waals surface area contributed by atoms with Gasteiger partial charge in [0, 0.05) is 19.3 Å². The summed E-state index contributed by atoms with van der Waals surface area (Å²) in [6.07, 6.45) is -3.76. The molecule has 1 fully saturated rings. The van der Waals surface area contributed by atoms with E-state index in [0.29, 0.717) is 5.82 Å². The number of carboxylic acid groups (broad SMARTS) is 1.